The Labute approximate surface area is 164 Å². The zero-order valence-corrected chi connectivity index (χ0v) is 16.7. The van der Waals surface area contributed by atoms with Crippen LogP contribution in [0, 0.1) is 13.8 Å². The topological polar surface area (TPSA) is 59.8 Å². The van der Waals surface area contributed by atoms with Crippen LogP contribution in [0.15, 0.2) is 53.1 Å². The number of ether oxygens (including phenoxy) is 1. The summed E-state index contributed by atoms with van der Waals surface area (Å²) in [4.78, 5) is 26.6. The smallest absolute Gasteiger partial charge is 0.310 e. The number of rotatable bonds is 6. The van der Waals surface area contributed by atoms with Gasteiger partial charge in [-0.2, -0.15) is 0 Å². The highest BCUT2D eigenvalue weighted by Crippen LogP contribution is 2.25. The van der Waals surface area contributed by atoms with E-state index < -0.39 is 5.97 Å². The SMILES string of the molecule is Cc1cc2occ(CC(=O)OCC(=O)N(c3ccccc3)C(C)C)c2cc1C. The molecule has 0 N–H and O–H groups in total. The first-order chi connectivity index (χ1) is 13.4. The predicted octanol–water partition coefficient (Wildman–Crippen LogP) is 4.58. The van der Waals surface area contributed by atoms with E-state index in [1.54, 1.807) is 11.2 Å². The lowest BCUT2D eigenvalue weighted by Crippen LogP contribution is -2.40. The number of hydrogen-bond donors (Lipinski definition) is 0. The van der Waals surface area contributed by atoms with E-state index in [1.165, 1.54) is 0 Å². The molecule has 0 saturated carbocycles. The number of carbonyl (C=O) groups is 2. The molecule has 0 fully saturated rings. The highest BCUT2D eigenvalue weighted by atomic mass is 16.5. The fourth-order valence-corrected chi connectivity index (χ4v) is 3.21. The van der Waals surface area contributed by atoms with E-state index in [1.807, 2.05) is 70.2 Å². The molecule has 5 heteroatoms. The van der Waals surface area contributed by atoms with Crippen LogP contribution in [0.4, 0.5) is 5.69 Å². The molecule has 3 rings (SSSR count). The number of carbonyl (C=O) groups excluding carboxylic acids is 2. The third-order valence-corrected chi connectivity index (χ3v) is 4.78. The number of fused-ring (bicyclic) bond motifs is 1. The van der Waals surface area contributed by atoms with E-state index in [-0.39, 0.29) is 25.0 Å². The number of esters is 1. The number of amides is 1. The summed E-state index contributed by atoms with van der Waals surface area (Å²) >= 11 is 0. The number of benzene rings is 2. The molecule has 0 radical (unpaired) electrons. The highest BCUT2D eigenvalue weighted by Gasteiger charge is 2.21. The van der Waals surface area contributed by atoms with E-state index in [4.69, 9.17) is 9.15 Å². The average Bonchev–Trinajstić information content (AvgIpc) is 3.02. The Morgan fingerprint density at radius 2 is 1.75 bits per heavy atom. The van der Waals surface area contributed by atoms with Crippen molar-refractivity contribution in [2.24, 2.45) is 0 Å². The van der Waals surface area contributed by atoms with Gasteiger partial charge in [-0.1, -0.05) is 18.2 Å². The number of furan rings is 1. The van der Waals surface area contributed by atoms with Crippen molar-refractivity contribution in [1.29, 1.82) is 0 Å². The van der Waals surface area contributed by atoms with Crippen LogP contribution < -0.4 is 4.90 Å². The first-order valence-corrected chi connectivity index (χ1v) is 9.37. The number of hydrogen-bond acceptors (Lipinski definition) is 4. The van der Waals surface area contributed by atoms with Crippen molar-refractivity contribution in [2.75, 3.05) is 11.5 Å². The molecule has 5 nitrogen and oxygen atoms in total. The number of para-hydroxylation sites is 1. The normalized spacial score (nSPS) is 11.0. The summed E-state index contributed by atoms with van der Waals surface area (Å²) in [5, 5.41) is 0.902. The molecular formula is C23H25NO4. The minimum atomic E-state index is -0.453. The third kappa shape index (κ3) is 4.25. The lowest BCUT2D eigenvalue weighted by molar-refractivity contribution is -0.147. The molecule has 3 aromatic rings. The maximum atomic E-state index is 12.6. The summed E-state index contributed by atoms with van der Waals surface area (Å²) < 4.78 is 10.8. The molecule has 0 saturated heterocycles. The van der Waals surface area contributed by atoms with Crippen LogP contribution in [-0.2, 0) is 20.7 Å². The zero-order chi connectivity index (χ0) is 20.3. The molecule has 0 spiro atoms. The van der Waals surface area contributed by atoms with Gasteiger partial charge in [0.2, 0.25) is 0 Å². The van der Waals surface area contributed by atoms with Gasteiger partial charge in [-0.15, -0.1) is 0 Å². The first kappa shape index (κ1) is 19.7. The second kappa shape index (κ2) is 8.30. The number of nitrogens with zero attached hydrogens (tertiary/aromatic N) is 1. The van der Waals surface area contributed by atoms with Crippen LogP contribution in [0.5, 0.6) is 0 Å². The van der Waals surface area contributed by atoms with Gasteiger partial charge in [0.05, 0.1) is 12.7 Å². The van der Waals surface area contributed by atoms with E-state index >= 15 is 0 Å². The van der Waals surface area contributed by atoms with Gasteiger partial charge in [0.25, 0.3) is 5.91 Å². The number of aryl methyl sites for hydroxylation is 2. The highest BCUT2D eigenvalue weighted by molar-refractivity contribution is 5.96. The molecule has 0 bridgehead atoms. The van der Waals surface area contributed by atoms with Crippen LogP contribution in [0.25, 0.3) is 11.0 Å². The molecular weight excluding hydrogens is 354 g/mol. The Hall–Kier alpha value is -3.08. The van der Waals surface area contributed by atoms with Gasteiger partial charge in [-0.25, -0.2) is 0 Å². The Morgan fingerprint density at radius 1 is 1.07 bits per heavy atom. The quantitative estimate of drug-likeness (QED) is 0.588. The Morgan fingerprint density at radius 3 is 2.43 bits per heavy atom. The van der Waals surface area contributed by atoms with E-state index in [9.17, 15) is 9.59 Å². The van der Waals surface area contributed by atoms with Crippen LogP contribution in [0.2, 0.25) is 0 Å². The summed E-state index contributed by atoms with van der Waals surface area (Å²) in [6.07, 6.45) is 1.65. The van der Waals surface area contributed by atoms with E-state index in [2.05, 4.69) is 0 Å². The van der Waals surface area contributed by atoms with Gasteiger partial charge in [0.1, 0.15) is 5.58 Å². The van der Waals surface area contributed by atoms with Crippen molar-refractivity contribution < 1.29 is 18.7 Å². The summed E-state index contributed by atoms with van der Waals surface area (Å²) in [6.45, 7) is 7.60. The fraction of sp³-hybridized carbons (Fsp3) is 0.304. The lowest BCUT2D eigenvalue weighted by Gasteiger charge is -2.26. The summed E-state index contributed by atoms with van der Waals surface area (Å²) in [6, 6.07) is 13.3. The maximum absolute atomic E-state index is 12.6. The molecule has 2 aromatic carbocycles. The molecule has 1 heterocycles. The van der Waals surface area contributed by atoms with Gasteiger partial charge in [-0.05, 0) is 63.1 Å². The molecule has 28 heavy (non-hydrogen) atoms. The summed E-state index contributed by atoms with van der Waals surface area (Å²) in [5.41, 5.74) is 4.56. The van der Waals surface area contributed by atoms with Crippen molar-refractivity contribution in [3.8, 4) is 0 Å². The van der Waals surface area contributed by atoms with Crippen LogP contribution in [-0.4, -0.2) is 24.5 Å². The van der Waals surface area contributed by atoms with Crippen molar-refractivity contribution in [1.82, 2.24) is 0 Å². The molecule has 1 amide bonds. The van der Waals surface area contributed by atoms with Crippen molar-refractivity contribution >= 4 is 28.5 Å². The Kier molecular flexibility index (Phi) is 5.83. The van der Waals surface area contributed by atoms with Gasteiger partial charge in [0, 0.05) is 22.7 Å². The van der Waals surface area contributed by atoms with Gasteiger partial charge in [0.15, 0.2) is 6.61 Å². The Bertz CT molecular complexity index is 989. The number of anilines is 1. The van der Waals surface area contributed by atoms with Gasteiger partial charge in [-0.3, -0.25) is 9.59 Å². The van der Waals surface area contributed by atoms with Gasteiger partial charge < -0.3 is 14.1 Å². The monoisotopic (exact) mass is 379 g/mol. The zero-order valence-electron chi connectivity index (χ0n) is 16.7. The summed E-state index contributed by atoms with van der Waals surface area (Å²) in [5.74, 6) is -0.705. The van der Waals surface area contributed by atoms with Gasteiger partial charge >= 0.3 is 5.97 Å². The Balaban J connectivity index is 1.65. The predicted molar refractivity (Wildman–Crippen MR) is 109 cm³/mol. The standard InChI is InChI=1S/C23H25NO4/c1-15(2)24(19-8-6-5-7-9-19)22(25)14-28-23(26)12-18-13-27-21-11-17(4)16(3)10-20(18)21/h5-11,13,15H,12,14H2,1-4H3. The average molecular weight is 379 g/mol. The molecule has 0 aliphatic rings. The van der Waals surface area contributed by atoms with Crippen molar-refractivity contribution in [3.63, 3.8) is 0 Å². The maximum Gasteiger partial charge on any atom is 0.310 e. The second-order valence-corrected chi connectivity index (χ2v) is 7.22. The van der Waals surface area contributed by atoms with Crippen LogP contribution in [0.3, 0.4) is 0 Å². The van der Waals surface area contributed by atoms with Crippen LogP contribution >= 0.6 is 0 Å². The second-order valence-electron chi connectivity index (χ2n) is 7.22. The largest absolute Gasteiger partial charge is 0.464 e. The molecule has 0 unspecified atom stereocenters. The fourth-order valence-electron chi connectivity index (χ4n) is 3.21. The first-order valence-electron chi connectivity index (χ1n) is 9.37. The minimum absolute atomic E-state index is 0.0439. The van der Waals surface area contributed by atoms with E-state index in [0.717, 1.165) is 33.3 Å². The lowest BCUT2D eigenvalue weighted by atomic mass is 10.0. The molecule has 0 atom stereocenters. The van der Waals surface area contributed by atoms with E-state index in [0.29, 0.717) is 0 Å². The molecule has 0 aliphatic carbocycles. The summed E-state index contributed by atoms with van der Waals surface area (Å²) in [7, 11) is 0. The minimum Gasteiger partial charge on any atom is -0.464 e. The van der Waals surface area contributed by atoms with Crippen molar-refractivity contribution in [3.05, 3.63) is 65.4 Å². The molecule has 1 aromatic heterocycles. The van der Waals surface area contributed by atoms with Crippen molar-refractivity contribution in [2.45, 2.75) is 40.2 Å². The molecule has 0 aliphatic heterocycles. The third-order valence-electron chi connectivity index (χ3n) is 4.78. The van der Waals surface area contributed by atoms with Crippen LogP contribution in [0.1, 0.15) is 30.5 Å². The molecule has 146 valence electrons.